The van der Waals surface area contributed by atoms with E-state index < -0.39 is 6.03 Å². The summed E-state index contributed by atoms with van der Waals surface area (Å²) in [5.41, 5.74) is 10.8. The third-order valence-corrected chi connectivity index (χ3v) is 4.32. The van der Waals surface area contributed by atoms with E-state index >= 15 is 0 Å². The molecule has 0 saturated heterocycles. The van der Waals surface area contributed by atoms with Gasteiger partial charge in [-0.15, -0.1) is 0 Å². The zero-order chi connectivity index (χ0) is 17.3. The van der Waals surface area contributed by atoms with Gasteiger partial charge >= 0.3 is 6.03 Å². The molecule has 124 valence electrons. The monoisotopic (exact) mass is 322 g/mol. The quantitative estimate of drug-likeness (QED) is 0.942. The first-order chi connectivity index (χ1) is 11.5. The minimum absolute atomic E-state index is 0.157. The fraction of sp³-hybridized carbons (Fsp3) is 0.263. The molecule has 5 nitrogen and oxygen atoms in total. The summed E-state index contributed by atoms with van der Waals surface area (Å²) in [5.74, 6) is 0. The van der Waals surface area contributed by atoms with E-state index in [-0.39, 0.29) is 6.04 Å². The maximum absolute atomic E-state index is 11.8. The highest BCUT2D eigenvalue weighted by Crippen LogP contribution is 2.33. The Labute approximate surface area is 142 Å². The lowest BCUT2D eigenvalue weighted by molar-refractivity contribution is 0.196. The molecule has 0 aromatic heterocycles. The number of carbonyl (C=O) groups is 1. The Kier molecular flexibility index (Phi) is 4.25. The Balaban J connectivity index is 1.89. The number of benzene rings is 2. The third-order valence-electron chi connectivity index (χ3n) is 4.32. The van der Waals surface area contributed by atoms with Crippen LogP contribution in [0.25, 0.3) is 0 Å². The van der Waals surface area contributed by atoms with Crippen molar-refractivity contribution >= 4 is 17.4 Å². The van der Waals surface area contributed by atoms with Crippen LogP contribution in [0.3, 0.4) is 0 Å². The third kappa shape index (κ3) is 3.11. The van der Waals surface area contributed by atoms with Gasteiger partial charge in [-0.1, -0.05) is 42.0 Å². The molecule has 0 aliphatic carbocycles. The number of nitrogens with two attached hydrogens (primary N) is 1. The largest absolute Gasteiger partial charge is 0.378 e. The van der Waals surface area contributed by atoms with E-state index in [0.29, 0.717) is 6.42 Å². The van der Waals surface area contributed by atoms with Crippen LogP contribution in [0.5, 0.6) is 0 Å². The summed E-state index contributed by atoms with van der Waals surface area (Å²) in [6.07, 6.45) is 0.660. The van der Waals surface area contributed by atoms with Crippen LogP contribution >= 0.6 is 0 Å². The standard InChI is InChI=1S/C19H22N4O/c1-13-4-6-14(7-5-13)17-12-18(23(21-17)19(20)24)15-8-10-16(11-9-15)22(2)3/h4-11,18H,12H2,1-3H3,(H2,20,24). The number of anilines is 1. The number of hydrogen-bond donors (Lipinski definition) is 1. The van der Waals surface area contributed by atoms with Gasteiger partial charge < -0.3 is 10.6 Å². The van der Waals surface area contributed by atoms with Crippen molar-refractivity contribution in [3.8, 4) is 0 Å². The zero-order valence-corrected chi connectivity index (χ0v) is 14.2. The van der Waals surface area contributed by atoms with Gasteiger partial charge in [0, 0.05) is 26.2 Å². The van der Waals surface area contributed by atoms with Gasteiger partial charge in [-0.3, -0.25) is 0 Å². The lowest BCUT2D eigenvalue weighted by Crippen LogP contribution is -2.31. The molecule has 0 radical (unpaired) electrons. The molecule has 2 aromatic rings. The lowest BCUT2D eigenvalue weighted by Gasteiger charge is -2.21. The molecule has 2 N–H and O–H groups in total. The highest BCUT2D eigenvalue weighted by molar-refractivity contribution is 6.03. The number of aryl methyl sites for hydroxylation is 1. The van der Waals surface area contributed by atoms with Gasteiger partial charge in [0.1, 0.15) is 0 Å². The molecule has 1 aliphatic rings. The van der Waals surface area contributed by atoms with Crippen molar-refractivity contribution < 1.29 is 4.79 Å². The van der Waals surface area contributed by atoms with Gasteiger partial charge in [-0.05, 0) is 30.2 Å². The van der Waals surface area contributed by atoms with Crippen LogP contribution in [0.2, 0.25) is 0 Å². The maximum atomic E-state index is 11.8. The summed E-state index contributed by atoms with van der Waals surface area (Å²) in [6, 6.07) is 15.6. The Hall–Kier alpha value is -2.82. The summed E-state index contributed by atoms with van der Waals surface area (Å²) in [5, 5.41) is 5.86. The average molecular weight is 322 g/mol. The van der Waals surface area contributed by atoms with E-state index in [9.17, 15) is 4.79 Å². The van der Waals surface area contributed by atoms with Crippen molar-refractivity contribution in [2.75, 3.05) is 19.0 Å². The number of nitrogens with zero attached hydrogens (tertiary/aromatic N) is 3. The molecular weight excluding hydrogens is 300 g/mol. The van der Waals surface area contributed by atoms with Gasteiger partial charge in [-0.25, -0.2) is 9.80 Å². The SMILES string of the molecule is Cc1ccc(C2=NN(C(N)=O)C(c3ccc(N(C)C)cc3)C2)cc1. The molecule has 3 rings (SSSR count). The van der Waals surface area contributed by atoms with E-state index in [1.807, 2.05) is 74.4 Å². The lowest BCUT2D eigenvalue weighted by atomic mass is 9.98. The van der Waals surface area contributed by atoms with E-state index in [1.165, 1.54) is 10.6 Å². The van der Waals surface area contributed by atoms with Crippen LogP contribution in [0.1, 0.15) is 29.2 Å². The normalized spacial score (nSPS) is 16.9. The second-order valence-electron chi connectivity index (χ2n) is 6.30. The summed E-state index contributed by atoms with van der Waals surface area (Å²) >= 11 is 0. The van der Waals surface area contributed by atoms with Crippen LogP contribution in [0.15, 0.2) is 53.6 Å². The fourth-order valence-corrected chi connectivity index (χ4v) is 2.89. The topological polar surface area (TPSA) is 61.9 Å². The van der Waals surface area contributed by atoms with Crippen molar-refractivity contribution in [2.24, 2.45) is 10.8 Å². The zero-order valence-electron chi connectivity index (χ0n) is 14.2. The number of amides is 2. The highest BCUT2D eigenvalue weighted by atomic mass is 16.2. The van der Waals surface area contributed by atoms with Gasteiger partial charge in [0.25, 0.3) is 0 Å². The average Bonchev–Trinajstić information content (AvgIpc) is 3.01. The first kappa shape index (κ1) is 16.1. The predicted octanol–water partition coefficient (Wildman–Crippen LogP) is 3.29. The van der Waals surface area contributed by atoms with Crippen molar-refractivity contribution in [3.63, 3.8) is 0 Å². The molecule has 1 unspecified atom stereocenters. The first-order valence-corrected chi connectivity index (χ1v) is 7.96. The molecule has 0 saturated carbocycles. The predicted molar refractivity (Wildman–Crippen MR) is 97.3 cm³/mol. The molecule has 2 amide bonds. The maximum Gasteiger partial charge on any atom is 0.335 e. The van der Waals surface area contributed by atoms with Gasteiger partial charge in [-0.2, -0.15) is 5.10 Å². The van der Waals surface area contributed by atoms with E-state index in [4.69, 9.17) is 5.73 Å². The number of rotatable bonds is 3. The summed E-state index contributed by atoms with van der Waals surface area (Å²) in [6.45, 7) is 2.05. The second kappa shape index (κ2) is 6.35. The highest BCUT2D eigenvalue weighted by Gasteiger charge is 2.31. The smallest absolute Gasteiger partial charge is 0.335 e. The molecule has 5 heteroatoms. The van der Waals surface area contributed by atoms with Crippen molar-refractivity contribution in [1.29, 1.82) is 0 Å². The molecule has 24 heavy (non-hydrogen) atoms. The van der Waals surface area contributed by atoms with Crippen molar-refractivity contribution in [3.05, 3.63) is 65.2 Å². The van der Waals surface area contributed by atoms with Crippen LogP contribution in [0, 0.1) is 6.92 Å². The molecule has 0 fully saturated rings. The fourth-order valence-electron chi connectivity index (χ4n) is 2.89. The Morgan fingerprint density at radius 2 is 1.75 bits per heavy atom. The molecule has 0 bridgehead atoms. The van der Waals surface area contributed by atoms with Crippen molar-refractivity contribution in [1.82, 2.24) is 5.01 Å². The molecule has 2 aromatic carbocycles. The Bertz CT molecular complexity index is 763. The van der Waals surface area contributed by atoms with Crippen LogP contribution < -0.4 is 10.6 Å². The van der Waals surface area contributed by atoms with Crippen LogP contribution in [-0.4, -0.2) is 30.8 Å². The number of hydrazone groups is 1. The number of urea groups is 1. The number of primary amides is 1. The van der Waals surface area contributed by atoms with Crippen molar-refractivity contribution in [2.45, 2.75) is 19.4 Å². The minimum Gasteiger partial charge on any atom is -0.378 e. The van der Waals surface area contributed by atoms with Crippen LogP contribution in [0.4, 0.5) is 10.5 Å². The molecule has 1 heterocycles. The molecular formula is C19H22N4O. The Morgan fingerprint density at radius 3 is 2.29 bits per heavy atom. The minimum atomic E-state index is -0.529. The first-order valence-electron chi connectivity index (χ1n) is 7.96. The summed E-state index contributed by atoms with van der Waals surface area (Å²) < 4.78 is 0. The van der Waals surface area contributed by atoms with E-state index in [0.717, 1.165) is 22.5 Å². The van der Waals surface area contributed by atoms with Gasteiger partial charge in [0.15, 0.2) is 0 Å². The molecule has 0 spiro atoms. The summed E-state index contributed by atoms with van der Waals surface area (Å²) in [7, 11) is 4.00. The second-order valence-corrected chi connectivity index (χ2v) is 6.30. The Morgan fingerprint density at radius 1 is 1.12 bits per heavy atom. The summed E-state index contributed by atoms with van der Waals surface area (Å²) in [4.78, 5) is 13.9. The number of hydrogen-bond acceptors (Lipinski definition) is 3. The number of carbonyl (C=O) groups excluding carboxylic acids is 1. The van der Waals surface area contributed by atoms with Crippen LogP contribution in [-0.2, 0) is 0 Å². The van der Waals surface area contributed by atoms with Gasteiger partial charge in [0.05, 0.1) is 11.8 Å². The van der Waals surface area contributed by atoms with E-state index in [2.05, 4.69) is 5.10 Å². The van der Waals surface area contributed by atoms with E-state index in [1.54, 1.807) is 0 Å². The molecule has 1 aliphatic heterocycles. The van der Waals surface area contributed by atoms with Gasteiger partial charge in [0.2, 0.25) is 0 Å². The molecule has 1 atom stereocenters.